The molecular weight excluding hydrogens is 174 g/mol. The van der Waals surface area contributed by atoms with Crippen LogP contribution >= 0.6 is 0 Å². The molecule has 1 rings (SSSR count). The van der Waals surface area contributed by atoms with Gasteiger partial charge in [-0.05, 0) is 39.7 Å². The van der Waals surface area contributed by atoms with Crippen molar-refractivity contribution in [3.05, 3.63) is 0 Å². The molecule has 0 aromatic carbocycles. The minimum Gasteiger partial charge on any atom is -0.303 e. The molecule has 0 saturated carbocycles. The molecule has 82 valence electrons. The highest BCUT2D eigenvalue weighted by atomic mass is 16.1. The molecule has 1 aliphatic heterocycles. The maximum absolute atomic E-state index is 10.8. The molecule has 0 aliphatic carbocycles. The second kappa shape index (κ2) is 5.50. The first kappa shape index (κ1) is 11.7. The molecule has 1 aliphatic rings. The Morgan fingerprint density at radius 1 is 1.29 bits per heavy atom. The van der Waals surface area contributed by atoms with E-state index in [0.717, 1.165) is 19.1 Å². The van der Waals surface area contributed by atoms with E-state index < -0.39 is 0 Å². The van der Waals surface area contributed by atoms with Crippen LogP contribution in [0.1, 0.15) is 46.5 Å². The van der Waals surface area contributed by atoms with Crippen LogP contribution in [0, 0.1) is 5.92 Å². The summed E-state index contributed by atoms with van der Waals surface area (Å²) in [6, 6.07) is 1.17. The molecule has 0 aromatic rings. The average molecular weight is 197 g/mol. The van der Waals surface area contributed by atoms with Crippen LogP contribution in [-0.2, 0) is 4.79 Å². The van der Waals surface area contributed by atoms with Crippen molar-refractivity contribution in [1.82, 2.24) is 4.90 Å². The Kier molecular flexibility index (Phi) is 4.59. The molecule has 0 amide bonds. The number of hydrogen-bond acceptors (Lipinski definition) is 2. The fraction of sp³-hybridized carbons (Fsp3) is 0.917. The molecule has 14 heavy (non-hydrogen) atoms. The second-order valence-electron chi connectivity index (χ2n) is 4.66. The van der Waals surface area contributed by atoms with Crippen LogP contribution in [-0.4, -0.2) is 29.8 Å². The standard InChI is InChI=1S/C12H23NO/c1-4-5-6-13-10(2)7-12(9-14)8-11(13)3/h9-12H,4-8H2,1-3H3/t10-,11-/m1/s1. The van der Waals surface area contributed by atoms with E-state index in [-0.39, 0.29) is 0 Å². The fourth-order valence-electron chi connectivity index (χ4n) is 2.57. The zero-order chi connectivity index (χ0) is 10.6. The van der Waals surface area contributed by atoms with Crippen molar-refractivity contribution in [2.24, 2.45) is 5.92 Å². The topological polar surface area (TPSA) is 20.3 Å². The highest BCUT2D eigenvalue weighted by Crippen LogP contribution is 2.26. The number of hydrogen-bond donors (Lipinski definition) is 0. The monoisotopic (exact) mass is 197 g/mol. The molecule has 0 aromatic heterocycles. The third-order valence-electron chi connectivity index (χ3n) is 3.38. The SMILES string of the molecule is CCCCN1[C@H](C)CC(C=O)C[C@H]1C. The number of nitrogens with zero attached hydrogens (tertiary/aromatic N) is 1. The Balaban J connectivity index is 2.47. The minimum absolute atomic E-state index is 0.304. The summed E-state index contributed by atoms with van der Waals surface area (Å²) in [5.74, 6) is 0.304. The van der Waals surface area contributed by atoms with Gasteiger partial charge in [0.1, 0.15) is 6.29 Å². The van der Waals surface area contributed by atoms with E-state index in [1.54, 1.807) is 0 Å². The van der Waals surface area contributed by atoms with Crippen molar-refractivity contribution in [3.8, 4) is 0 Å². The van der Waals surface area contributed by atoms with Gasteiger partial charge in [-0.25, -0.2) is 0 Å². The second-order valence-corrected chi connectivity index (χ2v) is 4.66. The largest absolute Gasteiger partial charge is 0.303 e. The van der Waals surface area contributed by atoms with E-state index in [9.17, 15) is 4.79 Å². The van der Waals surface area contributed by atoms with Gasteiger partial charge in [-0.15, -0.1) is 0 Å². The Hall–Kier alpha value is -0.370. The quantitative estimate of drug-likeness (QED) is 0.645. The zero-order valence-corrected chi connectivity index (χ0v) is 9.70. The summed E-state index contributed by atoms with van der Waals surface area (Å²) in [7, 11) is 0. The lowest BCUT2D eigenvalue weighted by Gasteiger charge is -2.41. The number of carbonyl (C=O) groups excluding carboxylic acids is 1. The van der Waals surface area contributed by atoms with E-state index in [1.165, 1.54) is 19.4 Å². The molecule has 2 heteroatoms. The Labute approximate surface area is 87.7 Å². The molecule has 2 atom stereocenters. The van der Waals surface area contributed by atoms with E-state index >= 15 is 0 Å². The summed E-state index contributed by atoms with van der Waals surface area (Å²) in [5.41, 5.74) is 0. The molecule has 2 nitrogen and oxygen atoms in total. The predicted octanol–water partition coefficient (Wildman–Crippen LogP) is 2.47. The molecule has 0 spiro atoms. The van der Waals surface area contributed by atoms with Gasteiger partial charge in [0.25, 0.3) is 0 Å². The van der Waals surface area contributed by atoms with Gasteiger partial charge in [-0.1, -0.05) is 13.3 Å². The molecular formula is C12H23NO. The Bertz CT molecular complexity index is 169. The minimum atomic E-state index is 0.304. The molecule has 0 radical (unpaired) electrons. The average Bonchev–Trinajstić information content (AvgIpc) is 2.16. The lowest BCUT2D eigenvalue weighted by Crippen LogP contribution is -2.47. The maximum Gasteiger partial charge on any atom is 0.123 e. The summed E-state index contributed by atoms with van der Waals surface area (Å²) in [6.07, 6.45) is 5.78. The van der Waals surface area contributed by atoms with Crippen LogP contribution < -0.4 is 0 Å². The van der Waals surface area contributed by atoms with Gasteiger partial charge in [0, 0.05) is 18.0 Å². The van der Waals surface area contributed by atoms with Crippen molar-refractivity contribution in [2.45, 2.75) is 58.5 Å². The van der Waals surface area contributed by atoms with Gasteiger partial charge in [0.05, 0.1) is 0 Å². The van der Waals surface area contributed by atoms with Crippen LogP contribution in [0.5, 0.6) is 0 Å². The smallest absolute Gasteiger partial charge is 0.123 e. The van der Waals surface area contributed by atoms with Crippen molar-refractivity contribution in [3.63, 3.8) is 0 Å². The van der Waals surface area contributed by atoms with Gasteiger partial charge < -0.3 is 4.79 Å². The molecule has 0 unspecified atom stereocenters. The van der Waals surface area contributed by atoms with E-state index in [4.69, 9.17) is 0 Å². The van der Waals surface area contributed by atoms with Crippen molar-refractivity contribution >= 4 is 6.29 Å². The van der Waals surface area contributed by atoms with Gasteiger partial charge in [-0.3, -0.25) is 4.90 Å². The lowest BCUT2D eigenvalue weighted by molar-refractivity contribution is -0.113. The number of aldehydes is 1. The van der Waals surface area contributed by atoms with E-state index in [2.05, 4.69) is 25.7 Å². The summed E-state index contributed by atoms with van der Waals surface area (Å²) < 4.78 is 0. The number of rotatable bonds is 4. The fourth-order valence-corrected chi connectivity index (χ4v) is 2.57. The van der Waals surface area contributed by atoms with Gasteiger partial charge in [0.15, 0.2) is 0 Å². The van der Waals surface area contributed by atoms with Gasteiger partial charge >= 0.3 is 0 Å². The van der Waals surface area contributed by atoms with Crippen LogP contribution in [0.4, 0.5) is 0 Å². The number of carbonyl (C=O) groups is 1. The van der Waals surface area contributed by atoms with E-state index in [0.29, 0.717) is 18.0 Å². The highest BCUT2D eigenvalue weighted by Gasteiger charge is 2.29. The van der Waals surface area contributed by atoms with Crippen molar-refractivity contribution in [1.29, 1.82) is 0 Å². The van der Waals surface area contributed by atoms with E-state index in [1.807, 2.05) is 0 Å². The van der Waals surface area contributed by atoms with Crippen LogP contribution in [0.25, 0.3) is 0 Å². The molecule has 0 N–H and O–H groups in total. The third kappa shape index (κ3) is 2.81. The van der Waals surface area contributed by atoms with Crippen LogP contribution in [0.2, 0.25) is 0 Å². The Morgan fingerprint density at radius 2 is 1.86 bits per heavy atom. The Morgan fingerprint density at radius 3 is 2.29 bits per heavy atom. The first-order valence-electron chi connectivity index (χ1n) is 5.90. The summed E-state index contributed by atoms with van der Waals surface area (Å²) in [4.78, 5) is 13.3. The first-order chi connectivity index (χ1) is 6.69. The van der Waals surface area contributed by atoms with Gasteiger partial charge in [0.2, 0.25) is 0 Å². The van der Waals surface area contributed by atoms with Gasteiger partial charge in [-0.2, -0.15) is 0 Å². The summed E-state index contributed by atoms with van der Waals surface area (Å²) >= 11 is 0. The number of piperidine rings is 1. The van der Waals surface area contributed by atoms with Crippen molar-refractivity contribution < 1.29 is 4.79 Å². The predicted molar refractivity (Wildman–Crippen MR) is 59.3 cm³/mol. The maximum atomic E-state index is 10.8. The first-order valence-corrected chi connectivity index (χ1v) is 5.90. The molecule has 1 saturated heterocycles. The normalized spacial score (nSPS) is 34.4. The third-order valence-corrected chi connectivity index (χ3v) is 3.38. The summed E-state index contributed by atoms with van der Waals surface area (Å²) in [5, 5.41) is 0. The molecule has 0 bridgehead atoms. The van der Waals surface area contributed by atoms with Crippen LogP contribution in [0.15, 0.2) is 0 Å². The summed E-state index contributed by atoms with van der Waals surface area (Å²) in [6.45, 7) is 7.93. The molecule has 1 heterocycles. The number of unbranched alkanes of at least 4 members (excludes halogenated alkanes) is 1. The van der Waals surface area contributed by atoms with Crippen molar-refractivity contribution in [2.75, 3.05) is 6.54 Å². The zero-order valence-electron chi connectivity index (χ0n) is 9.70. The van der Waals surface area contributed by atoms with Crippen LogP contribution in [0.3, 0.4) is 0 Å². The number of likely N-dealkylation sites (tertiary alicyclic amines) is 1. The lowest BCUT2D eigenvalue weighted by atomic mass is 9.88. The highest BCUT2D eigenvalue weighted by molar-refractivity contribution is 5.53. The molecule has 1 fully saturated rings.